The molecular weight excluding hydrogens is 257 g/mol. The minimum absolute atomic E-state index is 0.227. The van der Waals surface area contributed by atoms with E-state index in [1.807, 2.05) is 6.92 Å². The summed E-state index contributed by atoms with van der Waals surface area (Å²) in [7, 11) is 0. The first-order valence-electron chi connectivity index (χ1n) is 7.04. The first kappa shape index (κ1) is 14.9. The summed E-state index contributed by atoms with van der Waals surface area (Å²) < 4.78 is 13.2. The molecular formula is C15H22FN3O. The van der Waals surface area contributed by atoms with Gasteiger partial charge < -0.3 is 11.1 Å². The van der Waals surface area contributed by atoms with Crippen molar-refractivity contribution in [3.8, 4) is 0 Å². The minimum Gasteiger partial charge on any atom is -0.369 e. The Kier molecular flexibility index (Phi) is 5.09. The molecule has 1 saturated heterocycles. The van der Waals surface area contributed by atoms with Gasteiger partial charge in [0.25, 0.3) is 0 Å². The van der Waals surface area contributed by atoms with E-state index in [1.165, 1.54) is 12.1 Å². The monoisotopic (exact) mass is 279 g/mol. The van der Waals surface area contributed by atoms with E-state index in [9.17, 15) is 9.18 Å². The summed E-state index contributed by atoms with van der Waals surface area (Å²) in [5, 5.41) is 3.31. The molecule has 1 heterocycles. The molecule has 4 nitrogen and oxygen atoms in total. The van der Waals surface area contributed by atoms with Crippen LogP contribution in [0.5, 0.6) is 0 Å². The standard InChI is InChI=1S/C15H22FN3O/c1-11-8-13(16)3-2-12(11)9-19(10-15(17)20)14-4-6-18-7-5-14/h2-3,8,14,18H,4-7,9-10H2,1H3,(H2,17,20). The molecule has 0 bridgehead atoms. The van der Waals surface area contributed by atoms with Crippen molar-refractivity contribution < 1.29 is 9.18 Å². The highest BCUT2D eigenvalue weighted by atomic mass is 19.1. The molecule has 0 atom stereocenters. The van der Waals surface area contributed by atoms with Crippen molar-refractivity contribution in [3.63, 3.8) is 0 Å². The van der Waals surface area contributed by atoms with Crippen molar-refractivity contribution in [2.45, 2.75) is 32.4 Å². The van der Waals surface area contributed by atoms with Gasteiger partial charge in [-0.2, -0.15) is 0 Å². The summed E-state index contributed by atoms with van der Waals surface area (Å²) in [5.41, 5.74) is 7.32. The summed E-state index contributed by atoms with van der Waals surface area (Å²) in [6, 6.07) is 5.14. The van der Waals surface area contributed by atoms with E-state index in [2.05, 4.69) is 10.2 Å². The van der Waals surface area contributed by atoms with Crippen LogP contribution in [0.2, 0.25) is 0 Å². The van der Waals surface area contributed by atoms with Crippen molar-refractivity contribution in [2.24, 2.45) is 5.73 Å². The van der Waals surface area contributed by atoms with E-state index >= 15 is 0 Å². The van der Waals surface area contributed by atoms with Gasteiger partial charge in [-0.15, -0.1) is 0 Å². The van der Waals surface area contributed by atoms with Crippen molar-refractivity contribution in [1.29, 1.82) is 0 Å². The van der Waals surface area contributed by atoms with Gasteiger partial charge >= 0.3 is 0 Å². The number of aryl methyl sites for hydroxylation is 1. The third-order valence-electron chi connectivity index (χ3n) is 3.86. The molecule has 1 aromatic carbocycles. The lowest BCUT2D eigenvalue weighted by atomic mass is 10.0. The van der Waals surface area contributed by atoms with E-state index in [0.29, 0.717) is 12.6 Å². The number of amides is 1. The number of benzene rings is 1. The lowest BCUT2D eigenvalue weighted by Gasteiger charge is -2.34. The molecule has 0 saturated carbocycles. The zero-order valence-electron chi connectivity index (χ0n) is 11.9. The number of hydrogen-bond acceptors (Lipinski definition) is 3. The average molecular weight is 279 g/mol. The number of piperidine rings is 1. The van der Waals surface area contributed by atoms with Crippen LogP contribution in [0.25, 0.3) is 0 Å². The van der Waals surface area contributed by atoms with E-state index in [4.69, 9.17) is 5.73 Å². The molecule has 1 amide bonds. The molecule has 0 radical (unpaired) electrons. The fraction of sp³-hybridized carbons (Fsp3) is 0.533. The SMILES string of the molecule is Cc1cc(F)ccc1CN(CC(N)=O)C1CCNCC1. The molecule has 0 aromatic heterocycles. The first-order chi connectivity index (χ1) is 9.56. The predicted octanol–water partition coefficient (Wildman–Crippen LogP) is 1.17. The van der Waals surface area contributed by atoms with Crippen LogP contribution < -0.4 is 11.1 Å². The van der Waals surface area contributed by atoms with Gasteiger partial charge in [0, 0.05) is 12.6 Å². The van der Waals surface area contributed by atoms with Crippen LogP contribution in [0.1, 0.15) is 24.0 Å². The van der Waals surface area contributed by atoms with Gasteiger partial charge in [-0.05, 0) is 56.1 Å². The number of carbonyl (C=O) groups is 1. The van der Waals surface area contributed by atoms with Gasteiger partial charge in [-0.25, -0.2) is 4.39 Å². The minimum atomic E-state index is -0.316. The molecule has 2 rings (SSSR count). The lowest BCUT2D eigenvalue weighted by Crippen LogP contribution is -2.46. The van der Waals surface area contributed by atoms with Gasteiger partial charge in [0.1, 0.15) is 5.82 Å². The molecule has 20 heavy (non-hydrogen) atoms. The Morgan fingerprint density at radius 3 is 2.75 bits per heavy atom. The van der Waals surface area contributed by atoms with E-state index in [0.717, 1.165) is 37.1 Å². The molecule has 1 aromatic rings. The molecule has 110 valence electrons. The van der Waals surface area contributed by atoms with Crippen LogP contribution in [0, 0.1) is 12.7 Å². The Morgan fingerprint density at radius 1 is 1.45 bits per heavy atom. The van der Waals surface area contributed by atoms with Crippen LogP contribution in [-0.4, -0.2) is 36.5 Å². The largest absolute Gasteiger partial charge is 0.369 e. The molecule has 3 N–H and O–H groups in total. The zero-order chi connectivity index (χ0) is 14.5. The number of carbonyl (C=O) groups excluding carboxylic acids is 1. The second-order valence-corrected chi connectivity index (χ2v) is 5.42. The smallest absolute Gasteiger partial charge is 0.231 e. The molecule has 1 aliphatic heterocycles. The highest BCUT2D eigenvalue weighted by Gasteiger charge is 2.22. The second-order valence-electron chi connectivity index (χ2n) is 5.42. The molecule has 0 aliphatic carbocycles. The van der Waals surface area contributed by atoms with Crippen molar-refractivity contribution in [3.05, 3.63) is 35.1 Å². The number of nitrogens with two attached hydrogens (primary N) is 1. The van der Waals surface area contributed by atoms with Crippen molar-refractivity contribution >= 4 is 5.91 Å². The topological polar surface area (TPSA) is 58.4 Å². The maximum Gasteiger partial charge on any atom is 0.231 e. The quantitative estimate of drug-likeness (QED) is 0.851. The molecule has 1 aliphatic rings. The van der Waals surface area contributed by atoms with Gasteiger partial charge in [0.05, 0.1) is 6.54 Å². The van der Waals surface area contributed by atoms with Crippen molar-refractivity contribution in [2.75, 3.05) is 19.6 Å². The fourth-order valence-corrected chi connectivity index (χ4v) is 2.74. The Morgan fingerprint density at radius 2 is 2.15 bits per heavy atom. The van der Waals surface area contributed by atoms with Gasteiger partial charge in [-0.3, -0.25) is 9.69 Å². The van der Waals surface area contributed by atoms with Crippen LogP contribution in [0.15, 0.2) is 18.2 Å². The number of hydrogen-bond donors (Lipinski definition) is 2. The molecule has 0 unspecified atom stereocenters. The highest BCUT2D eigenvalue weighted by molar-refractivity contribution is 5.76. The van der Waals surface area contributed by atoms with Gasteiger partial charge in [0.15, 0.2) is 0 Å². The Balaban J connectivity index is 2.11. The second kappa shape index (κ2) is 6.81. The number of nitrogens with one attached hydrogen (secondary N) is 1. The molecule has 5 heteroatoms. The lowest BCUT2D eigenvalue weighted by molar-refractivity contribution is -0.120. The van der Waals surface area contributed by atoms with Crippen LogP contribution in [0.4, 0.5) is 4.39 Å². The Hall–Kier alpha value is -1.46. The summed E-state index contributed by atoms with van der Waals surface area (Å²) >= 11 is 0. The number of rotatable bonds is 5. The third-order valence-corrected chi connectivity index (χ3v) is 3.86. The Bertz CT molecular complexity index is 472. The molecule has 0 spiro atoms. The average Bonchev–Trinajstić information content (AvgIpc) is 2.41. The van der Waals surface area contributed by atoms with Gasteiger partial charge in [-0.1, -0.05) is 6.07 Å². The summed E-state index contributed by atoms with van der Waals surface area (Å²) in [5.74, 6) is -0.544. The zero-order valence-corrected chi connectivity index (χ0v) is 11.9. The van der Waals surface area contributed by atoms with E-state index in [-0.39, 0.29) is 18.3 Å². The predicted molar refractivity (Wildman–Crippen MR) is 76.6 cm³/mol. The summed E-state index contributed by atoms with van der Waals surface area (Å²) in [4.78, 5) is 13.4. The normalized spacial score (nSPS) is 16.6. The van der Waals surface area contributed by atoms with Gasteiger partial charge in [0.2, 0.25) is 5.91 Å². The van der Waals surface area contributed by atoms with E-state index < -0.39 is 0 Å². The van der Waals surface area contributed by atoms with Crippen LogP contribution in [-0.2, 0) is 11.3 Å². The number of halogens is 1. The Labute approximate surface area is 119 Å². The van der Waals surface area contributed by atoms with E-state index in [1.54, 1.807) is 6.07 Å². The molecule has 1 fully saturated rings. The summed E-state index contributed by atoms with van der Waals surface area (Å²) in [6.45, 7) is 4.70. The van der Waals surface area contributed by atoms with Crippen LogP contribution in [0.3, 0.4) is 0 Å². The first-order valence-corrected chi connectivity index (χ1v) is 7.04. The van der Waals surface area contributed by atoms with Crippen LogP contribution >= 0.6 is 0 Å². The summed E-state index contributed by atoms with van der Waals surface area (Å²) in [6.07, 6.45) is 2.01. The maximum atomic E-state index is 13.2. The maximum absolute atomic E-state index is 13.2. The highest BCUT2D eigenvalue weighted by Crippen LogP contribution is 2.18. The fourth-order valence-electron chi connectivity index (χ4n) is 2.74. The third kappa shape index (κ3) is 4.02. The van der Waals surface area contributed by atoms with Crippen molar-refractivity contribution in [1.82, 2.24) is 10.2 Å². The number of primary amides is 1. The number of nitrogens with zero attached hydrogens (tertiary/aromatic N) is 1.